The Morgan fingerprint density at radius 1 is 1.35 bits per heavy atom. The third kappa shape index (κ3) is 3.35. The Morgan fingerprint density at radius 3 is 2.70 bits per heavy atom. The summed E-state index contributed by atoms with van der Waals surface area (Å²) in [5, 5.41) is 0.290. The molecule has 4 nitrogen and oxygen atoms in total. The van der Waals surface area contributed by atoms with Crippen LogP contribution in [0.25, 0.3) is 5.52 Å². The van der Waals surface area contributed by atoms with Crippen molar-refractivity contribution in [3.63, 3.8) is 0 Å². The van der Waals surface area contributed by atoms with Crippen LogP contribution in [0, 0.1) is 9.75 Å². The van der Waals surface area contributed by atoms with Crippen molar-refractivity contribution < 1.29 is 4.43 Å². The number of fused-ring (bicyclic) bond motifs is 1. The molecular weight excluding hydrogens is 417 g/mol. The molecule has 1 fully saturated rings. The molecule has 1 aliphatic rings. The molecule has 0 aromatic carbocycles. The summed E-state index contributed by atoms with van der Waals surface area (Å²) in [6.07, 6.45) is 8.12. The number of hydrogen-bond donors (Lipinski definition) is 0. The molecule has 0 amide bonds. The lowest BCUT2D eigenvalue weighted by Crippen LogP contribution is -2.43. The van der Waals surface area contributed by atoms with Crippen LogP contribution < -0.4 is 0 Å². The Hall–Kier alpha value is -0.473. The molecule has 1 aliphatic carbocycles. The topological polar surface area (TPSA) is 39.4 Å². The summed E-state index contributed by atoms with van der Waals surface area (Å²) in [5.74, 6) is 1.24. The van der Waals surface area contributed by atoms with E-state index >= 15 is 0 Å². The van der Waals surface area contributed by atoms with Crippen LogP contribution in [0.3, 0.4) is 0 Å². The maximum absolute atomic E-state index is 6.37. The number of nitrogens with zero attached hydrogens (tertiary/aromatic N) is 3. The van der Waals surface area contributed by atoms with Gasteiger partial charge in [-0.25, -0.2) is 4.98 Å². The van der Waals surface area contributed by atoms with E-state index in [1.54, 1.807) is 0 Å². The van der Waals surface area contributed by atoms with Gasteiger partial charge in [0.25, 0.3) is 0 Å². The van der Waals surface area contributed by atoms with Crippen molar-refractivity contribution in [3.8, 4) is 0 Å². The maximum atomic E-state index is 6.37. The highest BCUT2D eigenvalue weighted by Crippen LogP contribution is 2.44. The number of rotatable bonds is 4. The Labute approximate surface area is 153 Å². The molecule has 0 radical (unpaired) electrons. The van der Waals surface area contributed by atoms with Crippen LogP contribution in [-0.2, 0) is 4.43 Å². The van der Waals surface area contributed by atoms with Crippen LogP contribution in [0.1, 0.15) is 45.2 Å². The SMILES string of the molecule is CC(C)(C)[Si](C)(C)OCC1CC(c2nc(I)n3ccncc23)C1. The number of aromatic nitrogens is 3. The van der Waals surface area contributed by atoms with Gasteiger partial charge < -0.3 is 4.43 Å². The van der Waals surface area contributed by atoms with Crippen molar-refractivity contribution in [1.82, 2.24) is 14.4 Å². The number of hydrogen-bond acceptors (Lipinski definition) is 3. The van der Waals surface area contributed by atoms with Crippen molar-refractivity contribution in [3.05, 3.63) is 28.1 Å². The lowest BCUT2D eigenvalue weighted by molar-refractivity contribution is 0.146. The molecule has 0 saturated heterocycles. The molecule has 0 unspecified atom stereocenters. The summed E-state index contributed by atoms with van der Waals surface area (Å²) in [5.41, 5.74) is 2.37. The zero-order chi connectivity index (χ0) is 16.8. The highest BCUT2D eigenvalue weighted by molar-refractivity contribution is 14.1. The first-order valence-corrected chi connectivity index (χ1v) is 12.3. The standard InChI is InChI=1S/C17H26IN3OSi/c1-17(2,3)23(4,5)22-11-12-8-13(9-12)15-14-10-19-6-7-21(14)16(18)20-15/h6-7,10,12-13H,8-9,11H2,1-5H3. The number of halogens is 1. The smallest absolute Gasteiger partial charge is 0.191 e. The Morgan fingerprint density at radius 2 is 2.04 bits per heavy atom. The summed E-state index contributed by atoms with van der Waals surface area (Å²) >= 11 is 2.30. The molecule has 2 aromatic rings. The fourth-order valence-corrected chi connectivity index (χ4v) is 4.63. The fraction of sp³-hybridized carbons (Fsp3) is 0.647. The first-order valence-electron chi connectivity index (χ1n) is 8.30. The summed E-state index contributed by atoms with van der Waals surface area (Å²) < 4.78 is 9.53. The molecule has 0 aliphatic heterocycles. The third-order valence-corrected chi connectivity index (χ3v) is 10.8. The quantitative estimate of drug-likeness (QED) is 0.501. The van der Waals surface area contributed by atoms with Gasteiger partial charge in [0.2, 0.25) is 0 Å². The van der Waals surface area contributed by atoms with Crippen molar-refractivity contribution in [2.45, 2.75) is 57.7 Å². The summed E-state index contributed by atoms with van der Waals surface area (Å²) in [6.45, 7) is 12.5. The lowest BCUT2D eigenvalue weighted by atomic mass is 9.73. The monoisotopic (exact) mass is 443 g/mol. The van der Waals surface area contributed by atoms with Crippen LogP contribution in [0.5, 0.6) is 0 Å². The molecule has 0 N–H and O–H groups in total. The van der Waals surface area contributed by atoms with E-state index in [4.69, 9.17) is 9.41 Å². The van der Waals surface area contributed by atoms with E-state index in [0.717, 1.165) is 16.0 Å². The Kier molecular flexibility index (Phi) is 4.61. The second-order valence-corrected chi connectivity index (χ2v) is 14.0. The molecule has 2 heterocycles. The molecule has 0 bridgehead atoms. The first kappa shape index (κ1) is 17.4. The average molecular weight is 443 g/mol. The highest BCUT2D eigenvalue weighted by Gasteiger charge is 2.40. The van der Waals surface area contributed by atoms with Crippen molar-refractivity contribution in [2.24, 2.45) is 5.92 Å². The minimum absolute atomic E-state index is 0.290. The van der Waals surface area contributed by atoms with E-state index in [2.05, 4.69) is 65.8 Å². The maximum Gasteiger partial charge on any atom is 0.191 e. The van der Waals surface area contributed by atoms with Gasteiger partial charge in [0, 0.05) is 47.5 Å². The summed E-state index contributed by atoms with van der Waals surface area (Å²) in [6, 6.07) is 0. The van der Waals surface area contributed by atoms with E-state index in [-0.39, 0.29) is 5.04 Å². The van der Waals surface area contributed by atoms with Gasteiger partial charge in [0.1, 0.15) is 0 Å². The predicted molar refractivity (Wildman–Crippen MR) is 104 cm³/mol. The van der Waals surface area contributed by atoms with Crippen LogP contribution in [-0.4, -0.2) is 29.3 Å². The third-order valence-electron chi connectivity index (χ3n) is 5.54. The molecule has 3 rings (SSSR count). The average Bonchev–Trinajstić information content (AvgIpc) is 2.74. The first-order chi connectivity index (χ1) is 10.7. The van der Waals surface area contributed by atoms with Gasteiger partial charge in [0.15, 0.2) is 12.1 Å². The van der Waals surface area contributed by atoms with Crippen LogP contribution >= 0.6 is 22.6 Å². The molecule has 0 spiro atoms. The van der Waals surface area contributed by atoms with Gasteiger partial charge in [-0.15, -0.1) is 0 Å². The van der Waals surface area contributed by atoms with E-state index in [1.807, 2.05) is 18.6 Å². The molecule has 126 valence electrons. The minimum Gasteiger partial charge on any atom is -0.417 e. The largest absolute Gasteiger partial charge is 0.417 e. The van der Waals surface area contributed by atoms with Crippen LogP contribution in [0.4, 0.5) is 0 Å². The van der Waals surface area contributed by atoms with Crippen LogP contribution in [0.15, 0.2) is 18.6 Å². The van der Waals surface area contributed by atoms with E-state index < -0.39 is 8.32 Å². The van der Waals surface area contributed by atoms with Gasteiger partial charge >= 0.3 is 0 Å². The zero-order valence-electron chi connectivity index (χ0n) is 14.6. The van der Waals surface area contributed by atoms with E-state index in [1.165, 1.54) is 18.5 Å². The lowest BCUT2D eigenvalue weighted by Gasteiger charge is -2.40. The van der Waals surface area contributed by atoms with E-state index in [9.17, 15) is 0 Å². The minimum atomic E-state index is -1.62. The second kappa shape index (κ2) is 6.11. The van der Waals surface area contributed by atoms with Crippen molar-refractivity contribution >= 4 is 36.4 Å². The van der Waals surface area contributed by atoms with Gasteiger partial charge in [-0.2, -0.15) is 0 Å². The van der Waals surface area contributed by atoms with Crippen molar-refractivity contribution in [2.75, 3.05) is 6.61 Å². The normalized spacial score (nSPS) is 22.3. The molecule has 6 heteroatoms. The van der Waals surface area contributed by atoms with Gasteiger partial charge in [-0.05, 0) is 36.9 Å². The molecular formula is C17H26IN3OSi. The van der Waals surface area contributed by atoms with Gasteiger partial charge in [0.05, 0.1) is 17.4 Å². The van der Waals surface area contributed by atoms with E-state index in [0.29, 0.717) is 11.8 Å². The molecule has 23 heavy (non-hydrogen) atoms. The fourth-order valence-electron chi connectivity index (χ4n) is 2.86. The van der Waals surface area contributed by atoms with Crippen molar-refractivity contribution in [1.29, 1.82) is 0 Å². The predicted octanol–water partition coefficient (Wildman–Crippen LogP) is 4.85. The van der Waals surface area contributed by atoms with Gasteiger partial charge in [-0.1, -0.05) is 20.8 Å². The molecule has 1 saturated carbocycles. The van der Waals surface area contributed by atoms with Gasteiger partial charge in [-0.3, -0.25) is 9.38 Å². The Balaban J connectivity index is 1.61. The molecule has 0 atom stereocenters. The number of imidazole rings is 1. The summed E-state index contributed by atoms with van der Waals surface area (Å²) in [7, 11) is -1.62. The zero-order valence-corrected chi connectivity index (χ0v) is 17.8. The molecule has 2 aromatic heterocycles. The Bertz CT molecular complexity index is 701. The van der Waals surface area contributed by atoms with Crippen LogP contribution in [0.2, 0.25) is 18.1 Å². The highest BCUT2D eigenvalue weighted by atomic mass is 127. The summed E-state index contributed by atoms with van der Waals surface area (Å²) in [4.78, 5) is 9.03. The second-order valence-electron chi connectivity index (χ2n) is 8.20.